The van der Waals surface area contributed by atoms with Gasteiger partial charge in [0.2, 0.25) is 0 Å². The number of benzene rings is 6. The number of amidine groups is 2. The van der Waals surface area contributed by atoms with E-state index in [2.05, 4.69) is 140 Å². The molecule has 1 aliphatic rings. The van der Waals surface area contributed by atoms with Gasteiger partial charge < -0.3 is 10.2 Å². The van der Waals surface area contributed by atoms with Gasteiger partial charge in [-0.3, -0.25) is 4.99 Å². The van der Waals surface area contributed by atoms with Crippen LogP contribution in [-0.2, 0) is 0 Å². The Labute approximate surface area is 280 Å². The molecule has 0 aliphatic heterocycles. The van der Waals surface area contributed by atoms with Crippen LogP contribution >= 0.6 is 0 Å². The average Bonchev–Trinajstić information content (AvgIpc) is 3.53. The van der Waals surface area contributed by atoms with Gasteiger partial charge in [0.25, 0.3) is 0 Å². The van der Waals surface area contributed by atoms with Crippen LogP contribution in [0.1, 0.15) is 24.5 Å². The topological polar surface area (TPSA) is 63.9 Å². The van der Waals surface area contributed by atoms with Gasteiger partial charge in [-0.1, -0.05) is 140 Å². The van der Waals surface area contributed by atoms with Crippen LogP contribution in [0.3, 0.4) is 0 Å². The van der Waals surface area contributed by atoms with Gasteiger partial charge in [-0.05, 0) is 64.6 Å². The third-order valence-electron chi connectivity index (χ3n) is 9.31. The number of allylic oxidation sites excluding steroid dienone is 3. The lowest BCUT2D eigenvalue weighted by atomic mass is 9.94. The fraction of sp³-hybridized carbons (Fsp3) is 0.0909. The maximum atomic E-state index is 6.93. The first kappa shape index (κ1) is 29.4. The molecule has 2 unspecified atom stereocenters. The van der Waals surface area contributed by atoms with Crippen molar-refractivity contribution in [1.29, 1.82) is 0 Å². The minimum atomic E-state index is 0.0162. The van der Waals surface area contributed by atoms with Crippen molar-refractivity contribution < 1.29 is 4.42 Å². The summed E-state index contributed by atoms with van der Waals surface area (Å²) in [7, 11) is 0. The van der Waals surface area contributed by atoms with E-state index < -0.39 is 0 Å². The molecule has 0 fully saturated rings. The summed E-state index contributed by atoms with van der Waals surface area (Å²) >= 11 is 0. The average molecular weight is 622 g/mol. The zero-order chi connectivity index (χ0) is 32.5. The monoisotopic (exact) mass is 621 g/mol. The Morgan fingerprint density at radius 3 is 2.17 bits per heavy atom. The van der Waals surface area contributed by atoms with Crippen LogP contribution in [0.15, 0.2) is 172 Å². The maximum absolute atomic E-state index is 6.93. The lowest BCUT2D eigenvalue weighted by Gasteiger charge is -2.19. The van der Waals surface area contributed by atoms with E-state index in [9.17, 15) is 0 Å². The molecule has 4 nitrogen and oxygen atoms in total. The van der Waals surface area contributed by atoms with Crippen LogP contribution in [0.2, 0.25) is 0 Å². The highest BCUT2D eigenvalue weighted by molar-refractivity contribution is 6.22. The van der Waals surface area contributed by atoms with Gasteiger partial charge in [0.1, 0.15) is 17.0 Å². The molecule has 1 aliphatic carbocycles. The Morgan fingerprint density at radius 2 is 1.35 bits per heavy atom. The Hall–Kier alpha value is -6.00. The molecule has 4 heteroatoms. The quantitative estimate of drug-likeness (QED) is 0.148. The summed E-state index contributed by atoms with van der Waals surface area (Å²) < 4.78 is 6.43. The highest BCUT2D eigenvalue weighted by Crippen LogP contribution is 2.35. The van der Waals surface area contributed by atoms with Crippen LogP contribution in [-0.4, -0.2) is 17.7 Å². The molecule has 232 valence electrons. The van der Waals surface area contributed by atoms with Crippen molar-refractivity contribution in [3.63, 3.8) is 0 Å². The molecule has 8 rings (SSSR count). The van der Waals surface area contributed by atoms with Crippen molar-refractivity contribution >= 4 is 44.4 Å². The molecule has 0 spiro atoms. The fourth-order valence-corrected chi connectivity index (χ4v) is 6.70. The number of hydrogen-bond donors (Lipinski definition) is 1. The molecule has 6 aromatic carbocycles. The molecule has 0 bridgehead atoms. The van der Waals surface area contributed by atoms with Gasteiger partial charge in [0, 0.05) is 27.8 Å². The first-order chi connectivity index (χ1) is 23.6. The summed E-state index contributed by atoms with van der Waals surface area (Å²) in [6.07, 6.45) is 9.57. The van der Waals surface area contributed by atoms with Crippen LogP contribution in [0.4, 0.5) is 0 Å². The van der Waals surface area contributed by atoms with Gasteiger partial charge in [-0.2, -0.15) is 0 Å². The van der Waals surface area contributed by atoms with Crippen LogP contribution < -0.4 is 5.73 Å². The van der Waals surface area contributed by atoms with Crippen LogP contribution in [0.25, 0.3) is 55.0 Å². The standard InChI is InChI=1S/C44H35N3O/c1-29(30-12-4-2-5-13-30)46-44(37-19-10-17-34-16-8-9-18-36(34)37)47-43(45)39-20-11-21-40-42(39)38-27-26-35(28-41(38)48-40)33-24-22-32(23-25-33)31-14-6-3-7-15-31/h2-12,14-30H,13H2,1H3,(H2,45,46,47). The summed E-state index contributed by atoms with van der Waals surface area (Å²) in [6, 6.07) is 46.1. The number of nitrogens with two attached hydrogens (primary N) is 1. The highest BCUT2D eigenvalue weighted by atomic mass is 16.3. The Bertz CT molecular complexity index is 2390. The predicted molar refractivity (Wildman–Crippen MR) is 202 cm³/mol. The van der Waals surface area contributed by atoms with E-state index in [-0.39, 0.29) is 6.04 Å². The number of fused-ring (bicyclic) bond motifs is 4. The number of rotatable bonds is 6. The van der Waals surface area contributed by atoms with Crippen molar-refractivity contribution in [2.75, 3.05) is 0 Å². The van der Waals surface area contributed by atoms with Crippen molar-refractivity contribution in [3.8, 4) is 22.3 Å². The van der Waals surface area contributed by atoms with Gasteiger partial charge in [0.15, 0.2) is 5.84 Å². The van der Waals surface area contributed by atoms with Crippen molar-refractivity contribution in [1.82, 2.24) is 0 Å². The molecule has 2 N–H and O–H groups in total. The second kappa shape index (κ2) is 12.7. The van der Waals surface area contributed by atoms with E-state index in [4.69, 9.17) is 20.1 Å². The molecule has 0 saturated heterocycles. The molecular weight excluding hydrogens is 587 g/mol. The van der Waals surface area contributed by atoms with Crippen LogP contribution in [0, 0.1) is 5.92 Å². The Balaban J connectivity index is 1.20. The highest BCUT2D eigenvalue weighted by Gasteiger charge is 2.19. The van der Waals surface area contributed by atoms with Crippen molar-refractivity contribution in [2.45, 2.75) is 19.4 Å². The molecular formula is C44H35N3O. The number of nitrogens with zero attached hydrogens (tertiary/aromatic N) is 2. The van der Waals surface area contributed by atoms with E-state index in [1.54, 1.807) is 0 Å². The molecule has 2 atom stereocenters. The summed E-state index contributed by atoms with van der Waals surface area (Å²) in [5, 5.41) is 4.18. The lowest BCUT2D eigenvalue weighted by Crippen LogP contribution is -2.20. The molecule has 0 amide bonds. The van der Waals surface area contributed by atoms with E-state index >= 15 is 0 Å². The van der Waals surface area contributed by atoms with Crippen molar-refractivity contribution in [3.05, 3.63) is 169 Å². The molecule has 1 aromatic heterocycles. The second-order valence-electron chi connectivity index (χ2n) is 12.4. The van der Waals surface area contributed by atoms with Crippen molar-refractivity contribution in [2.24, 2.45) is 21.6 Å². The smallest absolute Gasteiger partial charge is 0.157 e. The molecule has 0 saturated carbocycles. The van der Waals surface area contributed by atoms with E-state index in [1.807, 2.05) is 24.3 Å². The van der Waals surface area contributed by atoms with Gasteiger partial charge >= 0.3 is 0 Å². The summed E-state index contributed by atoms with van der Waals surface area (Å²) in [4.78, 5) is 10.3. The Kier molecular flexibility index (Phi) is 7.75. The molecule has 1 heterocycles. The predicted octanol–water partition coefficient (Wildman–Crippen LogP) is 10.7. The van der Waals surface area contributed by atoms with Gasteiger partial charge in [0.05, 0.1) is 6.04 Å². The first-order valence-corrected chi connectivity index (χ1v) is 16.5. The molecule has 0 radical (unpaired) electrons. The normalized spacial score (nSPS) is 15.8. The first-order valence-electron chi connectivity index (χ1n) is 16.5. The second-order valence-corrected chi connectivity index (χ2v) is 12.4. The number of aliphatic imine (C=N–C) groups is 2. The third kappa shape index (κ3) is 5.62. The Morgan fingerprint density at radius 1 is 0.667 bits per heavy atom. The van der Waals surface area contributed by atoms with E-state index in [0.29, 0.717) is 17.6 Å². The SMILES string of the molecule is CC(/N=C(\N=C(/N)c1cccc2oc3cc(-c4ccc(-c5ccccc5)cc4)ccc3c12)c1cccc2ccccc12)C1C=CC=CC1. The van der Waals surface area contributed by atoms with E-state index in [1.165, 1.54) is 11.1 Å². The summed E-state index contributed by atoms with van der Waals surface area (Å²) in [5.74, 6) is 1.33. The zero-order valence-electron chi connectivity index (χ0n) is 26.8. The third-order valence-corrected chi connectivity index (χ3v) is 9.31. The lowest BCUT2D eigenvalue weighted by molar-refractivity contribution is 0.540. The van der Waals surface area contributed by atoms with Gasteiger partial charge in [-0.15, -0.1) is 0 Å². The minimum Gasteiger partial charge on any atom is -0.456 e. The maximum Gasteiger partial charge on any atom is 0.157 e. The molecule has 7 aromatic rings. The fourth-order valence-electron chi connectivity index (χ4n) is 6.70. The minimum absolute atomic E-state index is 0.0162. The summed E-state index contributed by atoms with van der Waals surface area (Å²) in [6.45, 7) is 2.15. The number of furan rings is 1. The zero-order valence-corrected chi connectivity index (χ0v) is 26.8. The number of hydrogen-bond acceptors (Lipinski definition) is 2. The van der Waals surface area contributed by atoms with Crippen LogP contribution in [0.5, 0.6) is 0 Å². The summed E-state index contributed by atoms with van der Waals surface area (Å²) in [5.41, 5.74) is 14.9. The van der Waals surface area contributed by atoms with Gasteiger partial charge in [-0.25, -0.2) is 4.99 Å². The molecule has 48 heavy (non-hydrogen) atoms. The largest absolute Gasteiger partial charge is 0.456 e. The van der Waals surface area contributed by atoms with E-state index in [0.717, 1.165) is 61.4 Å².